The number of nitrogens with zero attached hydrogens (tertiary/aromatic N) is 1. The van der Waals surface area contributed by atoms with Crippen LogP contribution in [0, 0.1) is 0 Å². The fraction of sp³-hybridized carbons (Fsp3) is 0.188. The van der Waals surface area contributed by atoms with Gasteiger partial charge in [-0.3, -0.25) is 4.79 Å². The van der Waals surface area contributed by atoms with Crippen molar-refractivity contribution in [1.29, 1.82) is 0 Å². The number of furan rings is 1. The Bertz CT molecular complexity index is 786. The van der Waals surface area contributed by atoms with Crippen LogP contribution in [0.15, 0.2) is 57.7 Å². The van der Waals surface area contributed by atoms with E-state index in [9.17, 15) is 4.79 Å². The molecule has 0 saturated carbocycles. The predicted molar refractivity (Wildman–Crippen MR) is 78.8 cm³/mol. The van der Waals surface area contributed by atoms with E-state index in [1.807, 2.05) is 49.5 Å². The zero-order valence-electron chi connectivity index (χ0n) is 11.3. The van der Waals surface area contributed by atoms with E-state index in [1.54, 1.807) is 10.6 Å². The van der Waals surface area contributed by atoms with Crippen LogP contribution in [0.1, 0.15) is 11.5 Å². The van der Waals surface area contributed by atoms with Crippen molar-refractivity contribution in [2.24, 2.45) is 0 Å². The van der Waals surface area contributed by atoms with Crippen LogP contribution in [-0.4, -0.2) is 11.6 Å². The first kappa shape index (κ1) is 12.7. The van der Waals surface area contributed by atoms with E-state index in [0.29, 0.717) is 13.1 Å². The van der Waals surface area contributed by atoms with E-state index in [-0.39, 0.29) is 5.56 Å². The number of hydrogen-bond acceptors (Lipinski definition) is 3. The van der Waals surface area contributed by atoms with Crippen LogP contribution in [0.4, 0.5) is 0 Å². The molecule has 1 aromatic carbocycles. The molecule has 0 radical (unpaired) electrons. The van der Waals surface area contributed by atoms with Crippen molar-refractivity contribution in [1.82, 2.24) is 9.88 Å². The standard InChI is InChI=1S/C16H16N2O2/c1-17-10-13-7-8-14(20-13)11-18-15-5-3-2-4-12(15)6-9-16(18)19/h2-9,17H,10-11H2,1H3. The fourth-order valence-corrected chi connectivity index (χ4v) is 2.34. The largest absolute Gasteiger partial charge is 0.463 e. The number of aromatic nitrogens is 1. The van der Waals surface area contributed by atoms with Gasteiger partial charge in [0.05, 0.1) is 18.6 Å². The molecule has 0 aliphatic heterocycles. The van der Waals surface area contributed by atoms with E-state index < -0.39 is 0 Å². The quantitative estimate of drug-likeness (QED) is 0.790. The zero-order valence-corrected chi connectivity index (χ0v) is 11.3. The van der Waals surface area contributed by atoms with E-state index in [0.717, 1.165) is 22.4 Å². The lowest BCUT2D eigenvalue weighted by atomic mass is 10.2. The number of pyridine rings is 1. The summed E-state index contributed by atoms with van der Waals surface area (Å²) < 4.78 is 7.44. The van der Waals surface area contributed by atoms with Gasteiger partial charge in [0.2, 0.25) is 0 Å². The normalized spacial score (nSPS) is 11.1. The minimum absolute atomic E-state index is 0.0183. The van der Waals surface area contributed by atoms with Crippen molar-refractivity contribution in [3.63, 3.8) is 0 Å². The van der Waals surface area contributed by atoms with Gasteiger partial charge in [-0.15, -0.1) is 0 Å². The number of hydrogen-bond donors (Lipinski definition) is 1. The Morgan fingerprint density at radius 3 is 2.70 bits per heavy atom. The topological polar surface area (TPSA) is 47.2 Å². The van der Waals surface area contributed by atoms with Gasteiger partial charge in [-0.2, -0.15) is 0 Å². The molecule has 4 nitrogen and oxygen atoms in total. The highest BCUT2D eigenvalue weighted by Crippen LogP contribution is 2.14. The van der Waals surface area contributed by atoms with Crippen LogP contribution < -0.4 is 10.9 Å². The van der Waals surface area contributed by atoms with Crippen molar-refractivity contribution in [3.05, 3.63) is 70.4 Å². The first-order valence-corrected chi connectivity index (χ1v) is 6.59. The van der Waals surface area contributed by atoms with Crippen molar-refractivity contribution in [3.8, 4) is 0 Å². The van der Waals surface area contributed by atoms with Gasteiger partial charge in [0.15, 0.2) is 0 Å². The third kappa shape index (κ3) is 2.38. The second-order valence-corrected chi connectivity index (χ2v) is 4.71. The highest BCUT2D eigenvalue weighted by molar-refractivity contribution is 5.78. The number of benzene rings is 1. The molecule has 1 N–H and O–H groups in total. The molecule has 0 spiro atoms. The van der Waals surface area contributed by atoms with E-state index >= 15 is 0 Å². The summed E-state index contributed by atoms with van der Waals surface area (Å²) in [5.41, 5.74) is 0.904. The Morgan fingerprint density at radius 1 is 1.05 bits per heavy atom. The molecule has 0 aliphatic carbocycles. The molecule has 2 heterocycles. The molecule has 0 atom stereocenters. The Morgan fingerprint density at radius 2 is 1.85 bits per heavy atom. The first-order valence-electron chi connectivity index (χ1n) is 6.59. The van der Waals surface area contributed by atoms with Crippen LogP contribution in [0.3, 0.4) is 0 Å². The maximum atomic E-state index is 12.1. The Kier molecular flexibility index (Phi) is 3.39. The summed E-state index contributed by atoms with van der Waals surface area (Å²) in [6.45, 7) is 1.13. The summed E-state index contributed by atoms with van der Waals surface area (Å²) in [6.07, 6.45) is 0. The third-order valence-electron chi connectivity index (χ3n) is 3.28. The van der Waals surface area contributed by atoms with Gasteiger partial charge in [-0.1, -0.05) is 18.2 Å². The lowest BCUT2D eigenvalue weighted by Gasteiger charge is -2.08. The molecule has 0 bridgehead atoms. The molecule has 3 aromatic rings. The van der Waals surface area contributed by atoms with Gasteiger partial charge in [-0.25, -0.2) is 0 Å². The minimum atomic E-state index is -0.0183. The van der Waals surface area contributed by atoms with Crippen molar-refractivity contribution >= 4 is 10.9 Å². The molecule has 0 amide bonds. The Hall–Kier alpha value is -2.33. The molecular formula is C16H16N2O2. The van der Waals surface area contributed by atoms with Crippen LogP contribution >= 0.6 is 0 Å². The highest BCUT2D eigenvalue weighted by Gasteiger charge is 2.06. The van der Waals surface area contributed by atoms with Gasteiger partial charge in [0, 0.05) is 6.07 Å². The molecule has 0 fully saturated rings. The molecule has 20 heavy (non-hydrogen) atoms. The first-order chi connectivity index (χ1) is 9.78. The summed E-state index contributed by atoms with van der Waals surface area (Å²) in [5, 5.41) is 4.09. The van der Waals surface area contributed by atoms with Gasteiger partial charge in [0.25, 0.3) is 5.56 Å². The molecule has 2 aromatic heterocycles. The lowest BCUT2D eigenvalue weighted by molar-refractivity contribution is 0.444. The predicted octanol–water partition coefficient (Wildman–Crippen LogP) is 2.36. The molecule has 0 saturated heterocycles. The van der Waals surface area contributed by atoms with Crippen molar-refractivity contribution in [2.75, 3.05) is 7.05 Å². The average molecular weight is 268 g/mol. The van der Waals surface area contributed by atoms with E-state index in [4.69, 9.17) is 4.42 Å². The minimum Gasteiger partial charge on any atom is -0.463 e. The summed E-state index contributed by atoms with van der Waals surface area (Å²) in [4.78, 5) is 12.1. The van der Waals surface area contributed by atoms with Gasteiger partial charge in [0.1, 0.15) is 11.5 Å². The number of fused-ring (bicyclic) bond motifs is 1. The lowest BCUT2D eigenvalue weighted by Crippen LogP contribution is -2.19. The maximum absolute atomic E-state index is 12.1. The van der Waals surface area contributed by atoms with Crippen LogP contribution in [-0.2, 0) is 13.1 Å². The van der Waals surface area contributed by atoms with Crippen LogP contribution in [0.25, 0.3) is 10.9 Å². The zero-order chi connectivity index (χ0) is 13.9. The summed E-state index contributed by atoms with van der Waals surface area (Å²) >= 11 is 0. The monoisotopic (exact) mass is 268 g/mol. The number of nitrogens with one attached hydrogen (secondary N) is 1. The molecule has 0 unspecified atom stereocenters. The van der Waals surface area contributed by atoms with Gasteiger partial charge in [-0.05, 0) is 36.7 Å². The van der Waals surface area contributed by atoms with E-state index in [1.165, 1.54) is 0 Å². The second kappa shape index (κ2) is 5.35. The van der Waals surface area contributed by atoms with E-state index in [2.05, 4.69) is 5.32 Å². The highest BCUT2D eigenvalue weighted by atomic mass is 16.3. The summed E-state index contributed by atoms with van der Waals surface area (Å²) in [6, 6.07) is 15.2. The summed E-state index contributed by atoms with van der Waals surface area (Å²) in [7, 11) is 1.87. The molecule has 4 heteroatoms. The van der Waals surface area contributed by atoms with Gasteiger partial charge < -0.3 is 14.3 Å². The molecule has 3 rings (SSSR count). The smallest absolute Gasteiger partial charge is 0.251 e. The molecule has 0 aliphatic rings. The Labute approximate surface area is 116 Å². The van der Waals surface area contributed by atoms with Crippen molar-refractivity contribution < 1.29 is 4.42 Å². The average Bonchev–Trinajstić information content (AvgIpc) is 2.90. The van der Waals surface area contributed by atoms with Crippen molar-refractivity contribution in [2.45, 2.75) is 13.1 Å². The SMILES string of the molecule is CNCc1ccc(Cn2c(=O)ccc3ccccc32)o1. The van der Waals surface area contributed by atoms with Gasteiger partial charge >= 0.3 is 0 Å². The fourth-order valence-electron chi connectivity index (χ4n) is 2.34. The second-order valence-electron chi connectivity index (χ2n) is 4.71. The maximum Gasteiger partial charge on any atom is 0.251 e. The number of rotatable bonds is 4. The van der Waals surface area contributed by atoms with Crippen LogP contribution in [0.2, 0.25) is 0 Å². The number of para-hydroxylation sites is 1. The molecular weight excluding hydrogens is 252 g/mol. The third-order valence-corrected chi connectivity index (χ3v) is 3.28. The van der Waals surface area contributed by atoms with Crippen LogP contribution in [0.5, 0.6) is 0 Å². The Balaban J connectivity index is 2.01. The summed E-state index contributed by atoms with van der Waals surface area (Å²) in [5.74, 6) is 1.66. The molecule has 102 valence electrons.